The van der Waals surface area contributed by atoms with Crippen molar-refractivity contribution in [2.75, 3.05) is 0 Å². The number of amides is 1. The van der Waals surface area contributed by atoms with Gasteiger partial charge in [0.1, 0.15) is 22.7 Å². The number of rotatable bonds is 1. The normalized spacial score (nSPS) is 12.9. The fraction of sp³-hybridized carbons (Fsp3) is 0.154. The number of hydrogen-bond acceptors (Lipinski definition) is 3. The van der Waals surface area contributed by atoms with Crippen LogP contribution in [0.1, 0.15) is 21.7 Å². The van der Waals surface area contributed by atoms with Crippen molar-refractivity contribution < 1.29 is 31.1 Å². The molecule has 0 aliphatic rings. The van der Waals surface area contributed by atoms with Crippen molar-refractivity contribution in [3.63, 3.8) is 0 Å². The summed E-state index contributed by atoms with van der Waals surface area (Å²) < 4.78 is 78.9. The van der Waals surface area contributed by atoms with E-state index in [1.54, 1.807) is 0 Å². The van der Waals surface area contributed by atoms with E-state index >= 15 is 0 Å². The van der Waals surface area contributed by atoms with E-state index in [-0.39, 0.29) is 17.4 Å². The number of pyridine rings is 2. The van der Waals surface area contributed by atoms with Gasteiger partial charge in [-0.25, -0.2) is 9.97 Å². The average molecular weight is 348 g/mol. The van der Waals surface area contributed by atoms with Gasteiger partial charge in [-0.3, -0.25) is 9.20 Å². The fourth-order valence-electron chi connectivity index (χ4n) is 2.23. The van der Waals surface area contributed by atoms with Gasteiger partial charge >= 0.3 is 12.4 Å². The Kier molecular flexibility index (Phi) is 3.22. The van der Waals surface area contributed by atoms with Crippen LogP contribution in [0.5, 0.6) is 0 Å². The molecule has 11 heteroatoms. The van der Waals surface area contributed by atoms with Gasteiger partial charge in [-0.1, -0.05) is 0 Å². The molecule has 1 amide bonds. The maximum Gasteiger partial charge on any atom is 0.433 e. The van der Waals surface area contributed by atoms with Crippen molar-refractivity contribution in [3.05, 3.63) is 41.3 Å². The van der Waals surface area contributed by atoms with E-state index in [2.05, 4.69) is 9.97 Å². The molecule has 3 aromatic heterocycles. The first-order valence-electron chi connectivity index (χ1n) is 6.25. The number of primary amides is 1. The standard InChI is InChI=1S/C13H6F6N4O/c14-12(15,16)6-3-8(13(17,18)19)22-11-5(6)1-2-9-21-7(10(20)24)4-23(9)11/h1-4H,(H2,20,24). The molecule has 0 bridgehead atoms. The Labute approximate surface area is 128 Å². The Hall–Kier alpha value is -2.85. The highest BCUT2D eigenvalue weighted by Crippen LogP contribution is 2.38. The first-order valence-corrected chi connectivity index (χ1v) is 6.25. The molecule has 2 N–H and O–H groups in total. The lowest BCUT2D eigenvalue weighted by molar-refractivity contribution is -0.144. The van der Waals surface area contributed by atoms with E-state index in [0.717, 1.165) is 22.7 Å². The summed E-state index contributed by atoms with van der Waals surface area (Å²) in [5, 5.41) is -0.559. The number of imidazole rings is 1. The van der Waals surface area contributed by atoms with Crippen molar-refractivity contribution >= 4 is 22.6 Å². The smallest absolute Gasteiger partial charge is 0.364 e. The molecule has 5 nitrogen and oxygen atoms in total. The number of hydrogen-bond donors (Lipinski definition) is 1. The van der Waals surface area contributed by atoms with Crippen LogP contribution in [-0.4, -0.2) is 20.3 Å². The lowest BCUT2D eigenvalue weighted by atomic mass is 10.1. The molecule has 0 saturated heterocycles. The van der Waals surface area contributed by atoms with Crippen molar-refractivity contribution in [1.82, 2.24) is 14.4 Å². The van der Waals surface area contributed by atoms with E-state index in [1.165, 1.54) is 0 Å². The van der Waals surface area contributed by atoms with Gasteiger partial charge in [0, 0.05) is 11.6 Å². The van der Waals surface area contributed by atoms with Crippen LogP contribution < -0.4 is 5.73 Å². The second-order valence-corrected chi connectivity index (χ2v) is 4.84. The zero-order chi connectivity index (χ0) is 17.9. The van der Waals surface area contributed by atoms with Crippen molar-refractivity contribution in [2.45, 2.75) is 12.4 Å². The highest BCUT2D eigenvalue weighted by Gasteiger charge is 2.39. The molecule has 0 spiro atoms. The first-order chi connectivity index (χ1) is 11.0. The number of alkyl halides is 6. The molecule has 3 aromatic rings. The van der Waals surface area contributed by atoms with Crippen LogP contribution in [0.2, 0.25) is 0 Å². The van der Waals surface area contributed by atoms with E-state index < -0.39 is 40.6 Å². The third-order valence-corrected chi connectivity index (χ3v) is 3.25. The summed E-state index contributed by atoms with van der Waals surface area (Å²) in [6, 6.07) is 2.01. The maximum absolute atomic E-state index is 13.1. The molecule has 0 saturated carbocycles. The number of nitrogens with zero attached hydrogens (tertiary/aromatic N) is 3. The average Bonchev–Trinajstić information content (AvgIpc) is 2.88. The molecule has 126 valence electrons. The monoisotopic (exact) mass is 348 g/mol. The summed E-state index contributed by atoms with van der Waals surface area (Å²) in [5.74, 6) is -0.977. The van der Waals surface area contributed by atoms with Crippen LogP contribution in [0.4, 0.5) is 26.3 Å². The Bertz CT molecular complexity index is 972. The fourth-order valence-corrected chi connectivity index (χ4v) is 2.23. The van der Waals surface area contributed by atoms with Crippen molar-refractivity contribution in [3.8, 4) is 0 Å². The Morgan fingerprint density at radius 2 is 1.71 bits per heavy atom. The van der Waals surface area contributed by atoms with Crippen molar-refractivity contribution in [2.24, 2.45) is 5.73 Å². The Morgan fingerprint density at radius 1 is 1.04 bits per heavy atom. The minimum absolute atomic E-state index is 0.0555. The number of carbonyl (C=O) groups excluding carboxylic acids is 1. The third-order valence-electron chi connectivity index (χ3n) is 3.25. The van der Waals surface area contributed by atoms with Crippen LogP contribution in [0, 0.1) is 0 Å². The van der Waals surface area contributed by atoms with Gasteiger partial charge in [0.2, 0.25) is 0 Å². The highest BCUT2D eigenvalue weighted by atomic mass is 19.4. The summed E-state index contributed by atoms with van der Waals surface area (Å²) >= 11 is 0. The second-order valence-electron chi connectivity index (χ2n) is 4.84. The van der Waals surface area contributed by atoms with Crippen LogP contribution >= 0.6 is 0 Å². The van der Waals surface area contributed by atoms with Crippen LogP contribution in [0.25, 0.3) is 16.7 Å². The Balaban J connectivity index is 2.47. The quantitative estimate of drug-likeness (QED) is 0.687. The summed E-state index contributed by atoms with van der Waals surface area (Å²) in [7, 11) is 0. The van der Waals surface area contributed by atoms with Crippen LogP contribution in [0.15, 0.2) is 24.4 Å². The molecule has 3 heterocycles. The van der Waals surface area contributed by atoms with Gasteiger partial charge in [0.15, 0.2) is 0 Å². The summed E-state index contributed by atoms with van der Waals surface area (Å²) in [4.78, 5) is 18.1. The predicted octanol–water partition coefficient (Wildman–Crippen LogP) is 3.02. The number of nitrogens with two attached hydrogens (primary N) is 1. The first kappa shape index (κ1) is 16.0. The summed E-state index contributed by atoms with van der Waals surface area (Å²) in [6.07, 6.45) is -9.17. The second kappa shape index (κ2) is 4.82. The number of fused-ring (bicyclic) bond motifs is 3. The number of halogens is 6. The minimum atomic E-state index is -5.08. The van der Waals surface area contributed by atoms with E-state index in [4.69, 9.17) is 5.73 Å². The molecule has 0 unspecified atom stereocenters. The number of aromatic nitrogens is 3. The molecule has 0 radical (unpaired) electrons. The van der Waals surface area contributed by atoms with Gasteiger partial charge in [0.05, 0.1) is 5.56 Å². The lowest BCUT2D eigenvalue weighted by Gasteiger charge is -2.14. The molecule has 24 heavy (non-hydrogen) atoms. The van der Waals surface area contributed by atoms with Gasteiger partial charge in [-0.05, 0) is 18.2 Å². The molecule has 0 aliphatic heterocycles. The van der Waals surface area contributed by atoms with E-state index in [0.29, 0.717) is 0 Å². The molecular formula is C13H6F6N4O. The largest absolute Gasteiger partial charge is 0.433 e. The van der Waals surface area contributed by atoms with Gasteiger partial charge in [-0.15, -0.1) is 0 Å². The zero-order valence-electron chi connectivity index (χ0n) is 11.4. The highest BCUT2D eigenvalue weighted by molar-refractivity contribution is 5.92. The lowest BCUT2D eigenvalue weighted by Crippen LogP contribution is -2.14. The van der Waals surface area contributed by atoms with Gasteiger partial charge in [0.25, 0.3) is 5.91 Å². The summed E-state index contributed by atoms with van der Waals surface area (Å²) in [6.45, 7) is 0. The topological polar surface area (TPSA) is 73.3 Å². The van der Waals surface area contributed by atoms with Crippen LogP contribution in [0.3, 0.4) is 0 Å². The third kappa shape index (κ3) is 2.51. The van der Waals surface area contributed by atoms with E-state index in [9.17, 15) is 31.1 Å². The predicted molar refractivity (Wildman–Crippen MR) is 69.0 cm³/mol. The van der Waals surface area contributed by atoms with E-state index in [1.807, 2.05) is 0 Å². The number of carbonyl (C=O) groups is 1. The van der Waals surface area contributed by atoms with Gasteiger partial charge < -0.3 is 5.73 Å². The summed E-state index contributed by atoms with van der Waals surface area (Å²) in [5.41, 5.74) is 0.832. The molecule has 0 atom stereocenters. The maximum atomic E-state index is 13.1. The molecule has 0 aromatic carbocycles. The SMILES string of the molecule is NC(=O)c1cn2c(ccc3c(C(F)(F)F)cc(C(F)(F)F)nc32)n1. The van der Waals surface area contributed by atoms with Crippen LogP contribution in [-0.2, 0) is 12.4 Å². The van der Waals surface area contributed by atoms with Crippen molar-refractivity contribution in [1.29, 1.82) is 0 Å². The molecule has 3 rings (SSSR count). The van der Waals surface area contributed by atoms with Gasteiger partial charge in [-0.2, -0.15) is 26.3 Å². The Morgan fingerprint density at radius 3 is 2.25 bits per heavy atom. The molecule has 0 fully saturated rings. The zero-order valence-corrected chi connectivity index (χ0v) is 11.4. The molecule has 0 aliphatic carbocycles. The molecular weight excluding hydrogens is 342 g/mol. The minimum Gasteiger partial charge on any atom is -0.364 e.